The van der Waals surface area contributed by atoms with Gasteiger partial charge in [0.15, 0.2) is 0 Å². The molecule has 0 atom stereocenters. The van der Waals surface area contributed by atoms with E-state index in [2.05, 4.69) is 4.90 Å². The largest absolute Gasteiger partial charge is 0.384 e. The van der Waals surface area contributed by atoms with Crippen LogP contribution in [0.4, 0.5) is 10.1 Å². The molecule has 0 radical (unpaired) electrons. The number of rotatable bonds is 3. The van der Waals surface area contributed by atoms with Crippen LogP contribution in [0, 0.1) is 11.2 Å². The molecule has 0 heterocycles. The molecule has 18 heavy (non-hydrogen) atoms. The van der Waals surface area contributed by atoms with Gasteiger partial charge in [-0.05, 0) is 25.0 Å². The molecular weight excluding hydrogens is 229 g/mol. The fourth-order valence-electron chi connectivity index (χ4n) is 2.74. The Morgan fingerprint density at radius 2 is 2.00 bits per heavy atom. The van der Waals surface area contributed by atoms with Crippen LogP contribution in [0.2, 0.25) is 0 Å². The van der Waals surface area contributed by atoms with Gasteiger partial charge in [-0.15, -0.1) is 0 Å². The number of anilines is 1. The number of benzene rings is 1. The molecule has 1 saturated carbocycles. The van der Waals surface area contributed by atoms with Crippen LogP contribution >= 0.6 is 0 Å². The lowest BCUT2D eigenvalue weighted by Gasteiger charge is -2.34. The summed E-state index contributed by atoms with van der Waals surface area (Å²) in [6.45, 7) is 0. The summed E-state index contributed by atoms with van der Waals surface area (Å²) in [7, 11) is 1.97. The Balaban J connectivity index is 2.31. The highest BCUT2D eigenvalue weighted by Crippen LogP contribution is 2.29. The predicted octanol–water partition coefficient (Wildman–Crippen LogP) is 2.88. The summed E-state index contributed by atoms with van der Waals surface area (Å²) in [6, 6.07) is 5.30. The van der Waals surface area contributed by atoms with E-state index in [-0.39, 0.29) is 11.4 Å². The van der Waals surface area contributed by atoms with Crippen molar-refractivity contribution in [3.8, 4) is 0 Å². The van der Waals surface area contributed by atoms with Crippen LogP contribution in [0.3, 0.4) is 0 Å². The first-order chi connectivity index (χ1) is 8.61. The Morgan fingerprint density at radius 3 is 2.61 bits per heavy atom. The van der Waals surface area contributed by atoms with E-state index in [1.165, 1.54) is 25.3 Å². The minimum absolute atomic E-state index is 0.203. The fraction of sp³-hybridized carbons (Fsp3) is 0.500. The fourth-order valence-corrected chi connectivity index (χ4v) is 2.74. The maximum Gasteiger partial charge on any atom is 0.136 e. The van der Waals surface area contributed by atoms with Gasteiger partial charge in [0.2, 0.25) is 0 Å². The number of nitrogen functional groups attached to an aromatic ring is 1. The molecule has 0 aromatic heterocycles. The second kappa shape index (κ2) is 5.38. The molecule has 1 aromatic carbocycles. The first-order valence-electron chi connectivity index (χ1n) is 6.47. The highest BCUT2D eigenvalue weighted by Gasteiger charge is 2.22. The zero-order chi connectivity index (χ0) is 13.1. The van der Waals surface area contributed by atoms with Crippen LogP contribution in [-0.2, 0) is 0 Å². The molecule has 1 aliphatic carbocycles. The highest BCUT2D eigenvalue weighted by atomic mass is 19.1. The molecule has 0 spiro atoms. The molecule has 1 aromatic rings. The minimum Gasteiger partial charge on any atom is -0.384 e. The van der Waals surface area contributed by atoms with Gasteiger partial charge in [-0.1, -0.05) is 25.3 Å². The van der Waals surface area contributed by atoms with E-state index < -0.39 is 5.82 Å². The molecule has 98 valence electrons. The van der Waals surface area contributed by atoms with E-state index in [0.717, 1.165) is 18.5 Å². The van der Waals surface area contributed by atoms with Gasteiger partial charge in [0.1, 0.15) is 11.7 Å². The summed E-state index contributed by atoms with van der Waals surface area (Å²) in [6.07, 6.45) is 5.99. The minimum atomic E-state index is -0.414. The SMILES string of the molecule is CN(c1cccc(F)c1C(=N)N)C1CCCCC1. The van der Waals surface area contributed by atoms with Crippen LogP contribution in [0.5, 0.6) is 0 Å². The van der Waals surface area contributed by atoms with Crippen molar-refractivity contribution in [2.24, 2.45) is 5.73 Å². The Labute approximate surface area is 107 Å². The van der Waals surface area contributed by atoms with E-state index in [4.69, 9.17) is 11.1 Å². The van der Waals surface area contributed by atoms with Gasteiger partial charge in [-0.25, -0.2) is 4.39 Å². The molecule has 1 fully saturated rings. The van der Waals surface area contributed by atoms with Crippen LogP contribution < -0.4 is 10.6 Å². The van der Waals surface area contributed by atoms with Crippen LogP contribution in [0.1, 0.15) is 37.7 Å². The number of hydrogen-bond donors (Lipinski definition) is 2. The Kier molecular flexibility index (Phi) is 3.84. The van der Waals surface area contributed by atoms with Gasteiger partial charge in [0, 0.05) is 13.1 Å². The van der Waals surface area contributed by atoms with Crippen molar-refractivity contribution in [1.29, 1.82) is 5.41 Å². The van der Waals surface area contributed by atoms with E-state index >= 15 is 0 Å². The number of nitrogens with two attached hydrogens (primary N) is 1. The molecule has 2 rings (SSSR count). The maximum atomic E-state index is 13.8. The summed E-state index contributed by atoms with van der Waals surface area (Å²) in [5, 5.41) is 7.54. The molecule has 0 bridgehead atoms. The molecule has 0 aliphatic heterocycles. The van der Waals surface area contributed by atoms with Crippen molar-refractivity contribution in [3.05, 3.63) is 29.6 Å². The quantitative estimate of drug-likeness (QED) is 0.639. The smallest absolute Gasteiger partial charge is 0.136 e. The van der Waals surface area contributed by atoms with Crippen LogP contribution in [0.25, 0.3) is 0 Å². The topological polar surface area (TPSA) is 53.1 Å². The van der Waals surface area contributed by atoms with Crippen LogP contribution in [-0.4, -0.2) is 18.9 Å². The molecule has 4 heteroatoms. The molecule has 3 nitrogen and oxygen atoms in total. The lowest BCUT2D eigenvalue weighted by molar-refractivity contribution is 0.427. The number of nitrogens with one attached hydrogen (secondary N) is 1. The standard InChI is InChI=1S/C14H20FN3/c1-18(10-6-3-2-4-7-10)12-9-5-8-11(15)13(12)14(16)17/h5,8-10H,2-4,6-7H2,1H3,(H3,16,17). The predicted molar refractivity (Wildman–Crippen MR) is 72.7 cm³/mol. The van der Waals surface area contributed by atoms with Gasteiger partial charge >= 0.3 is 0 Å². The van der Waals surface area contributed by atoms with E-state index in [0.29, 0.717) is 6.04 Å². The van der Waals surface area contributed by atoms with Crippen molar-refractivity contribution >= 4 is 11.5 Å². The first-order valence-corrected chi connectivity index (χ1v) is 6.47. The zero-order valence-corrected chi connectivity index (χ0v) is 10.7. The summed E-state index contributed by atoms with van der Waals surface area (Å²) in [5.74, 6) is -0.617. The van der Waals surface area contributed by atoms with Crippen molar-refractivity contribution in [1.82, 2.24) is 0 Å². The molecule has 1 aliphatic rings. The lowest BCUT2D eigenvalue weighted by atomic mass is 9.93. The summed E-state index contributed by atoms with van der Waals surface area (Å²) in [4.78, 5) is 2.08. The third-order valence-corrected chi connectivity index (χ3v) is 3.76. The zero-order valence-electron chi connectivity index (χ0n) is 10.7. The van der Waals surface area contributed by atoms with Gasteiger partial charge in [-0.2, -0.15) is 0 Å². The Bertz CT molecular complexity index is 439. The van der Waals surface area contributed by atoms with Gasteiger partial charge in [0.25, 0.3) is 0 Å². The number of amidine groups is 1. The van der Waals surface area contributed by atoms with E-state index in [9.17, 15) is 4.39 Å². The first kappa shape index (κ1) is 12.9. The van der Waals surface area contributed by atoms with Crippen molar-refractivity contribution in [2.75, 3.05) is 11.9 Å². The Morgan fingerprint density at radius 1 is 1.33 bits per heavy atom. The molecular formula is C14H20FN3. The summed E-state index contributed by atoms with van der Waals surface area (Å²) in [5.41, 5.74) is 6.46. The molecule has 0 unspecified atom stereocenters. The summed E-state index contributed by atoms with van der Waals surface area (Å²) < 4.78 is 13.8. The molecule has 3 N–H and O–H groups in total. The monoisotopic (exact) mass is 249 g/mol. The van der Waals surface area contributed by atoms with E-state index in [1.54, 1.807) is 6.07 Å². The average molecular weight is 249 g/mol. The highest BCUT2D eigenvalue weighted by molar-refractivity contribution is 6.00. The van der Waals surface area contributed by atoms with Crippen molar-refractivity contribution in [2.45, 2.75) is 38.1 Å². The number of hydrogen-bond acceptors (Lipinski definition) is 2. The van der Waals surface area contributed by atoms with Crippen LogP contribution in [0.15, 0.2) is 18.2 Å². The number of nitrogens with zero attached hydrogens (tertiary/aromatic N) is 1. The maximum absolute atomic E-state index is 13.8. The van der Waals surface area contributed by atoms with E-state index in [1.807, 2.05) is 13.1 Å². The third kappa shape index (κ3) is 2.47. The third-order valence-electron chi connectivity index (χ3n) is 3.76. The Hall–Kier alpha value is -1.58. The van der Waals surface area contributed by atoms with Crippen molar-refractivity contribution < 1.29 is 4.39 Å². The second-order valence-electron chi connectivity index (χ2n) is 4.95. The van der Waals surface area contributed by atoms with Crippen molar-refractivity contribution in [3.63, 3.8) is 0 Å². The van der Waals surface area contributed by atoms with Gasteiger partial charge in [0.05, 0.1) is 11.3 Å². The second-order valence-corrected chi connectivity index (χ2v) is 4.95. The normalized spacial score (nSPS) is 16.6. The lowest BCUT2D eigenvalue weighted by Crippen LogP contribution is -2.35. The number of halogens is 1. The summed E-state index contributed by atoms with van der Waals surface area (Å²) >= 11 is 0. The van der Waals surface area contributed by atoms with Gasteiger partial charge in [-0.3, -0.25) is 5.41 Å². The van der Waals surface area contributed by atoms with Gasteiger partial charge < -0.3 is 10.6 Å². The average Bonchev–Trinajstić information content (AvgIpc) is 2.38. The molecule has 0 saturated heterocycles. The molecule has 0 amide bonds.